The van der Waals surface area contributed by atoms with Gasteiger partial charge in [-0.2, -0.15) is 0 Å². The van der Waals surface area contributed by atoms with Crippen molar-refractivity contribution in [2.24, 2.45) is 5.41 Å². The maximum absolute atomic E-state index is 11.4. The zero-order valence-electron chi connectivity index (χ0n) is 13.5. The van der Waals surface area contributed by atoms with Crippen molar-refractivity contribution in [3.05, 3.63) is 28.0 Å². The van der Waals surface area contributed by atoms with Gasteiger partial charge in [-0.1, -0.05) is 0 Å². The minimum atomic E-state index is -0.502. The van der Waals surface area contributed by atoms with Crippen LogP contribution in [0.1, 0.15) is 38.4 Å². The molecule has 2 aliphatic heterocycles. The smallest absolute Gasteiger partial charge is 0.404 e. The van der Waals surface area contributed by atoms with Crippen molar-refractivity contribution < 1.29 is 14.1 Å². The molecule has 0 saturated carbocycles. The molecule has 0 N–H and O–H groups in total. The second-order valence-electron chi connectivity index (χ2n) is 6.78. The van der Waals surface area contributed by atoms with E-state index in [9.17, 15) is 14.9 Å². The lowest BCUT2D eigenvalue weighted by molar-refractivity contribution is -0.402. The van der Waals surface area contributed by atoms with E-state index in [-0.39, 0.29) is 11.8 Å². The van der Waals surface area contributed by atoms with Crippen LogP contribution in [-0.2, 0) is 11.3 Å². The molecular weight excluding hydrogens is 298 g/mol. The van der Waals surface area contributed by atoms with E-state index in [1.165, 1.54) is 6.07 Å². The lowest BCUT2D eigenvalue weighted by Gasteiger charge is -2.46. The third kappa shape index (κ3) is 3.55. The summed E-state index contributed by atoms with van der Waals surface area (Å²) in [7, 11) is 0. The molecule has 1 aromatic rings. The topological polar surface area (TPSA) is 79.8 Å². The SMILES string of the molecule is CC(=O)N1CCC2(CCN(Cc3ccc([N+](=O)[O-])o3)CC2)CC1. The highest BCUT2D eigenvalue weighted by atomic mass is 16.6. The third-order valence-corrected chi connectivity index (χ3v) is 5.39. The number of carbonyl (C=O) groups is 1. The van der Waals surface area contributed by atoms with Crippen LogP contribution in [-0.4, -0.2) is 46.8 Å². The minimum absolute atomic E-state index is 0.177. The van der Waals surface area contributed by atoms with Gasteiger partial charge in [0.25, 0.3) is 0 Å². The number of amides is 1. The number of furan rings is 1. The Balaban J connectivity index is 1.50. The zero-order valence-corrected chi connectivity index (χ0v) is 13.5. The first kappa shape index (κ1) is 16.0. The molecule has 2 fully saturated rings. The molecule has 2 aliphatic rings. The van der Waals surface area contributed by atoms with E-state index in [2.05, 4.69) is 4.90 Å². The molecule has 7 heteroatoms. The average Bonchev–Trinajstić information content (AvgIpc) is 2.99. The van der Waals surface area contributed by atoms with Crippen molar-refractivity contribution in [1.82, 2.24) is 9.80 Å². The lowest BCUT2D eigenvalue weighted by Crippen LogP contribution is -2.47. The Morgan fingerprint density at radius 2 is 1.83 bits per heavy atom. The van der Waals surface area contributed by atoms with E-state index in [4.69, 9.17) is 4.42 Å². The first-order valence-electron chi connectivity index (χ1n) is 8.18. The number of nitrogens with zero attached hydrogens (tertiary/aromatic N) is 3. The second-order valence-corrected chi connectivity index (χ2v) is 6.78. The van der Waals surface area contributed by atoms with E-state index in [0.29, 0.717) is 17.7 Å². The summed E-state index contributed by atoms with van der Waals surface area (Å²) in [6.07, 6.45) is 4.43. The highest BCUT2D eigenvalue weighted by Crippen LogP contribution is 2.41. The monoisotopic (exact) mass is 321 g/mol. The zero-order chi connectivity index (χ0) is 16.4. The van der Waals surface area contributed by atoms with Crippen molar-refractivity contribution in [2.75, 3.05) is 26.2 Å². The predicted molar refractivity (Wildman–Crippen MR) is 83.8 cm³/mol. The largest absolute Gasteiger partial charge is 0.433 e. The van der Waals surface area contributed by atoms with Crippen LogP contribution in [0.5, 0.6) is 0 Å². The van der Waals surface area contributed by atoms with Gasteiger partial charge in [0.1, 0.15) is 10.7 Å². The number of hydrogen-bond acceptors (Lipinski definition) is 5. The molecule has 1 amide bonds. The Hall–Kier alpha value is -1.89. The van der Waals surface area contributed by atoms with Crippen molar-refractivity contribution >= 4 is 11.8 Å². The van der Waals surface area contributed by atoms with Gasteiger partial charge in [-0.05, 0) is 50.3 Å². The molecule has 0 bridgehead atoms. The van der Waals surface area contributed by atoms with E-state index in [0.717, 1.165) is 51.9 Å². The summed E-state index contributed by atoms with van der Waals surface area (Å²) >= 11 is 0. The molecule has 0 aromatic carbocycles. The van der Waals surface area contributed by atoms with Gasteiger partial charge in [-0.25, -0.2) is 0 Å². The Morgan fingerprint density at radius 1 is 1.22 bits per heavy atom. The minimum Gasteiger partial charge on any atom is -0.404 e. The molecule has 3 rings (SSSR count). The number of carbonyl (C=O) groups excluding carboxylic acids is 1. The average molecular weight is 321 g/mol. The van der Waals surface area contributed by atoms with Crippen molar-refractivity contribution in [2.45, 2.75) is 39.2 Å². The van der Waals surface area contributed by atoms with Gasteiger partial charge in [0.05, 0.1) is 12.6 Å². The van der Waals surface area contributed by atoms with Crippen molar-refractivity contribution in [3.8, 4) is 0 Å². The van der Waals surface area contributed by atoms with Gasteiger partial charge >= 0.3 is 5.88 Å². The summed E-state index contributed by atoms with van der Waals surface area (Å²) in [6.45, 7) is 5.98. The van der Waals surface area contributed by atoms with Crippen LogP contribution in [0.4, 0.5) is 5.88 Å². The number of rotatable bonds is 3. The molecule has 3 heterocycles. The van der Waals surface area contributed by atoms with Crippen LogP contribution >= 0.6 is 0 Å². The van der Waals surface area contributed by atoms with Gasteiger partial charge in [-0.15, -0.1) is 0 Å². The van der Waals surface area contributed by atoms with Gasteiger partial charge in [0.15, 0.2) is 0 Å². The van der Waals surface area contributed by atoms with Crippen LogP contribution in [0.25, 0.3) is 0 Å². The summed E-state index contributed by atoms with van der Waals surface area (Å²) in [4.78, 5) is 25.8. The maximum atomic E-state index is 11.4. The standard InChI is InChI=1S/C16H23N3O4/c1-13(20)18-10-6-16(7-11-18)4-8-17(9-5-16)12-14-2-3-15(23-14)19(21)22/h2-3H,4-12H2,1H3. The van der Waals surface area contributed by atoms with Crippen molar-refractivity contribution in [1.29, 1.82) is 0 Å². The van der Waals surface area contributed by atoms with Gasteiger partial charge in [0, 0.05) is 20.0 Å². The highest BCUT2D eigenvalue weighted by molar-refractivity contribution is 5.73. The fourth-order valence-corrected chi connectivity index (χ4v) is 3.75. The maximum Gasteiger partial charge on any atom is 0.433 e. The molecular formula is C16H23N3O4. The summed E-state index contributed by atoms with van der Waals surface area (Å²) in [5, 5.41) is 10.7. The quantitative estimate of drug-likeness (QED) is 0.631. The summed E-state index contributed by atoms with van der Waals surface area (Å²) in [5.41, 5.74) is 0.373. The Morgan fingerprint density at radius 3 is 2.35 bits per heavy atom. The molecule has 0 radical (unpaired) electrons. The Kier molecular flexibility index (Phi) is 4.39. The van der Waals surface area contributed by atoms with Gasteiger partial charge in [-0.3, -0.25) is 19.8 Å². The first-order chi connectivity index (χ1) is 11.0. The predicted octanol–water partition coefficient (Wildman–Crippen LogP) is 2.41. The lowest BCUT2D eigenvalue weighted by atomic mass is 9.71. The van der Waals surface area contributed by atoms with E-state index < -0.39 is 4.92 Å². The highest BCUT2D eigenvalue weighted by Gasteiger charge is 2.38. The number of hydrogen-bond donors (Lipinski definition) is 0. The molecule has 0 unspecified atom stereocenters. The van der Waals surface area contributed by atoms with Gasteiger partial charge < -0.3 is 9.32 Å². The van der Waals surface area contributed by atoms with Crippen LogP contribution in [0, 0.1) is 15.5 Å². The summed E-state index contributed by atoms with van der Waals surface area (Å²) in [5.74, 6) is 0.640. The van der Waals surface area contributed by atoms with Crippen LogP contribution < -0.4 is 0 Å². The first-order valence-corrected chi connectivity index (χ1v) is 8.18. The van der Waals surface area contributed by atoms with Crippen LogP contribution in [0.15, 0.2) is 16.5 Å². The van der Waals surface area contributed by atoms with Gasteiger partial charge in [0.2, 0.25) is 5.91 Å². The molecule has 1 spiro atoms. The van der Waals surface area contributed by atoms with E-state index in [1.807, 2.05) is 4.90 Å². The number of nitro groups is 1. The number of likely N-dealkylation sites (tertiary alicyclic amines) is 2. The fraction of sp³-hybridized carbons (Fsp3) is 0.688. The van der Waals surface area contributed by atoms with Crippen molar-refractivity contribution in [3.63, 3.8) is 0 Å². The Labute approximate surface area is 135 Å². The summed E-state index contributed by atoms with van der Waals surface area (Å²) in [6, 6.07) is 3.10. The fourth-order valence-electron chi connectivity index (χ4n) is 3.75. The molecule has 126 valence electrons. The number of piperidine rings is 2. The van der Waals surface area contributed by atoms with Crippen LogP contribution in [0.2, 0.25) is 0 Å². The van der Waals surface area contributed by atoms with E-state index >= 15 is 0 Å². The van der Waals surface area contributed by atoms with E-state index in [1.54, 1.807) is 13.0 Å². The van der Waals surface area contributed by atoms with Crippen LogP contribution in [0.3, 0.4) is 0 Å². The molecule has 0 aliphatic carbocycles. The molecule has 7 nitrogen and oxygen atoms in total. The molecule has 2 saturated heterocycles. The molecule has 23 heavy (non-hydrogen) atoms. The summed E-state index contributed by atoms with van der Waals surface area (Å²) < 4.78 is 5.24. The Bertz CT molecular complexity index is 580. The second kappa shape index (κ2) is 6.31. The third-order valence-electron chi connectivity index (χ3n) is 5.39. The molecule has 1 aromatic heterocycles. The molecule has 0 atom stereocenters. The normalized spacial score (nSPS) is 21.5.